The van der Waals surface area contributed by atoms with E-state index in [9.17, 15) is 9.59 Å². The maximum Gasteiger partial charge on any atom is 0.231 e. The molecule has 0 radical (unpaired) electrons. The quantitative estimate of drug-likeness (QED) is 0.680. The molecule has 0 unspecified atom stereocenters. The molecule has 2 amide bonds. The predicted molar refractivity (Wildman–Crippen MR) is 115 cm³/mol. The van der Waals surface area contributed by atoms with Crippen LogP contribution in [0.3, 0.4) is 0 Å². The first-order valence-electron chi connectivity index (χ1n) is 9.98. The number of rotatable bonds is 5. The number of piperidine rings is 1. The van der Waals surface area contributed by atoms with E-state index in [1.165, 1.54) is 11.3 Å². The van der Waals surface area contributed by atoms with Gasteiger partial charge in [-0.25, -0.2) is 4.68 Å². The van der Waals surface area contributed by atoms with E-state index < -0.39 is 0 Å². The first kappa shape index (κ1) is 20.2. The highest BCUT2D eigenvalue weighted by molar-refractivity contribution is 7.13. The Balaban J connectivity index is 1.44. The van der Waals surface area contributed by atoms with Crippen molar-refractivity contribution in [2.24, 2.45) is 5.92 Å². The van der Waals surface area contributed by atoms with E-state index in [0.29, 0.717) is 18.2 Å². The lowest BCUT2D eigenvalue weighted by Crippen LogP contribution is -2.44. The third kappa shape index (κ3) is 4.25. The number of hydrogen-bond donors (Lipinski definition) is 1. The van der Waals surface area contributed by atoms with E-state index in [0.717, 1.165) is 35.5 Å². The molecule has 0 spiro atoms. The molecule has 1 aliphatic heterocycles. The van der Waals surface area contributed by atoms with Gasteiger partial charge in [0.15, 0.2) is 0 Å². The number of carbonyl (C=O) groups excluding carboxylic acids is 2. The van der Waals surface area contributed by atoms with Crippen LogP contribution in [0.2, 0.25) is 0 Å². The normalized spacial score (nSPS) is 16.5. The van der Waals surface area contributed by atoms with Gasteiger partial charge in [-0.1, -0.05) is 29.5 Å². The van der Waals surface area contributed by atoms with Crippen LogP contribution in [0.5, 0.6) is 0 Å². The van der Waals surface area contributed by atoms with Crippen LogP contribution in [0, 0.1) is 19.8 Å². The number of amides is 2. The fourth-order valence-electron chi connectivity index (χ4n) is 3.87. The molecule has 8 nitrogen and oxygen atoms in total. The zero-order valence-electron chi connectivity index (χ0n) is 17.0. The third-order valence-electron chi connectivity index (χ3n) is 5.50. The summed E-state index contributed by atoms with van der Waals surface area (Å²) in [7, 11) is 0. The van der Waals surface area contributed by atoms with Crippen LogP contribution in [-0.4, -0.2) is 49.8 Å². The number of aryl methyl sites for hydroxylation is 1. The average molecular weight is 425 g/mol. The van der Waals surface area contributed by atoms with Gasteiger partial charge in [0.25, 0.3) is 0 Å². The van der Waals surface area contributed by atoms with Gasteiger partial charge in [-0.15, -0.1) is 10.2 Å². The zero-order chi connectivity index (χ0) is 21.1. The number of likely N-dealkylation sites (tertiary alicyclic amines) is 1. The number of aromatic nitrogens is 4. The topological polar surface area (TPSA) is 93.0 Å². The second-order valence-electron chi connectivity index (χ2n) is 7.49. The summed E-state index contributed by atoms with van der Waals surface area (Å²) in [6.07, 6.45) is 1.86. The van der Waals surface area contributed by atoms with Crippen LogP contribution in [0.4, 0.5) is 5.13 Å². The van der Waals surface area contributed by atoms with Crippen molar-refractivity contribution in [1.29, 1.82) is 0 Å². The molecule has 1 aromatic carbocycles. The molecule has 1 saturated heterocycles. The number of benzene rings is 1. The fourth-order valence-corrected chi connectivity index (χ4v) is 4.32. The SMILES string of the molecule is Cc1nn(-c2ccccc2)c(C)c1CC(=O)N1CCC[C@@H](C(=O)Nc2nncs2)C1. The molecule has 156 valence electrons. The highest BCUT2D eigenvalue weighted by Crippen LogP contribution is 2.22. The lowest BCUT2D eigenvalue weighted by Gasteiger charge is -2.32. The van der Waals surface area contributed by atoms with E-state index in [1.54, 1.807) is 10.4 Å². The Kier molecular flexibility index (Phi) is 5.89. The number of nitrogens with one attached hydrogen (secondary N) is 1. The fraction of sp³-hybridized carbons (Fsp3) is 0.381. The van der Waals surface area contributed by atoms with Gasteiger partial charge < -0.3 is 10.2 Å². The second kappa shape index (κ2) is 8.74. The summed E-state index contributed by atoms with van der Waals surface area (Å²) in [5.41, 5.74) is 5.32. The molecule has 1 N–H and O–H groups in total. The summed E-state index contributed by atoms with van der Waals surface area (Å²) in [5, 5.41) is 15.5. The predicted octanol–water partition coefficient (Wildman–Crippen LogP) is 2.76. The number of carbonyl (C=O) groups is 2. The lowest BCUT2D eigenvalue weighted by atomic mass is 9.96. The highest BCUT2D eigenvalue weighted by Gasteiger charge is 2.29. The minimum Gasteiger partial charge on any atom is -0.342 e. The summed E-state index contributed by atoms with van der Waals surface area (Å²) >= 11 is 1.28. The van der Waals surface area contributed by atoms with Gasteiger partial charge in [-0.05, 0) is 38.8 Å². The molecule has 1 atom stereocenters. The third-order valence-corrected chi connectivity index (χ3v) is 6.11. The van der Waals surface area contributed by atoms with Crippen molar-refractivity contribution in [2.75, 3.05) is 18.4 Å². The van der Waals surface area contributed by atoms with Gasteiger partial charge >= 0.3 is 0 Å². The van der Waals surface area contributed by atoms with Crippen molar-refractivity contribution in [2.45, 2.75) is 33.1 Å². The van der Waals surface area contributed by atoms with Gasteiger partial charge in [0.1, 0.15) is 5.51 Å². The van der Waals surface area contributed by atoms with Gasteiger partial charge in [-0.2, -0.15) is 5.10 Å². The van der Waals surface area contributed by atoms with Gasteiger partial charge in [0.2, 0.25) is 16.9 Å². The lowest BCUT2D eigenvalue weighted by molar-refractivity contribution is -0.133. The molecule has 1 fully saturated rings. The van der Waals surface area contributed by atoms with E-state index in [4.69, 9.17) is 0 Å². The minimum atomic E-state index is -0.235. The van der Waals surface area contributed by atoms with Crippen molar-refractivity contribution < 1.29 is 9.59 Å². The monoisotopic (exact) mass is 424 g/mol. The maximum absolute atomic E-state index is 13.0. The van der Waals surface area contributed by atoms with Crippen molar-refractivity contribution in [1.82, 2.24) is 24.9 Å². The summed E-state index contributed by atoms with van der Waals surface area (Å²) in [6.45, 7) is 5.02. The van der Waals surface area contributed by atoms with Crippen molar-refractivity contribution in [3.63, 3.8) is 0 Å². The molecule has 3 heterocycles. The first-order valence-corrected chi connectivity index (χ1v) is 10.9. The highest BCUT2D eigenvalue weighted by atomic mass is 32.1. The van der Waals surface area contributed by atoms with Crippen molar-refractivity contribution in [3.8, 4) is 5.69 Å². The number of nitrogens with zero attached hydrogens (tertiary/aromatic N) is 5. The van der Waals surface area contributed by atoms with Crippen LogP contribution < -0.4 is 5.32 Å². The number of hydrogen-bond acceptors (Lipinski definition) is 6. The van der Waals surface area contributed by atoms with Crippen LogP contribution in [0.1, 0.15) is 29.8 Å². The Morgan fingerprint density at radius 2 is 2.03 bits per heavy atom. The Hall–Kier alpha value is -3.07. The summed E-state index contributed by atoms with van der Waals surface area (Å²) < 4.78 is 1.88. The molecular weight excluding hydrogens is 400 g/mol. The van der Waals surface area contributed by atoms with Gasteiger partial charge in [-0.3, -0.25) is 9.59 Å². The van der Waals surface area contributed by atoms with E-state index >= 15 is 0 Å². The smallest absolute Gasteiger partial charge is 0.231 e. The van der Waals surface area contributed by atoms with Crippen molar-refractivity contribution in [3.05, 3.63) is 52.8 Å². The Morgan fingerprint density at radius 1 is 1.23 bits per heavy atom. The van der Waals surface area contributed by atoms with E-state index in [1.807, 2.05) is 48.9 Å². The van der Waals surface area contributed by atoms with Crippen LogP contribution in [0.25, 0.3) is 5.69 Å². The number of anilines is 1. The first-order chi connectivity index (χ1) is 14.5. The van der Waals surface area contributed by atoms with Crippen LogP contribution in [0.15, 0.2) is 35.8 Å². The molecule has 30 heavy (non-hydrogen) atoms. The molecule has 0 saturated carbocycles. The van der Waals surface area contributed by atoms with Crippen LogP contribution in [-0.2, 0) is 16.0 Å². The van der Waals surface area contributed by atoms with E-state index in [2.05, 4.69) is 20.6 Å². The second-order valence-corrected chi connectivity index (χ2v) is 8.32. The van der Waals surface area contributed by atoms with E-state index in [-0.39, 0.29) is 24.2 Å². The molecule has 0 aliphatic carbocycles. The van der Waals surface area contributed by atoms with Gasteiger partial charge in [0.05, 0.1) is 23.7 Å². The number of para-hydroxylation sites is 1. The van der Waals surface area contributed by atoms with Crippen LogP contribution >= 0.6 is 11.3 Å². The molecule has 4 rings (SSSR count). The summed E-state index contributed by atoms with van der Waals surface area (Å²) in [4.78, 5) is 27.4. The zero-order valence-corrected chi connectivity index (χ0v) is 17.9. The molecule has 3 aromatic rings. The summed E-state index contributed by atoms with van der Waals surface area (Å²) in [6, 6.07) is 9.90. The Labute approximate surface area is 178 Å². The Morgan fingerprint density at radius 3 is 2.77 bits per heavy atom. The maximum atomic E-state index is 13.0. The average Bonchev–Trinajstić information content (AvgIpc) is 3.37. The largest absolute Gasteiger partial charge is 0.342 e. The van der Waals surface area contributed by atoms with Gasteiger partial charge in [0, 0.05) is 24.3 Å². The molecule has 1 aliphatic rings. The minimum absolute atomic E-state index is 0.0298. The molecule has 2 aromatic heterocycles. The standard InChI is InChI=1S/C21H24N6O2S/c1-14-18(15(2)27(25-14)17-8-4-3-5-9-17)11-19(28)26-10-6-7-16(12-26)20(29)23-21-24-22-13-30-21/h3-5,8-9,13,16H,6-7,10-12H2,1-2H3,(H,23,24,29)/t16-/m1/s1. The summed E-state index contributed by atoms with van der Waals surface area (Å²) in [5.74, 6) is -0.309. The molecule has 0 bridgehead atoms. The molecular formula is C21H24N6O2S. The Bertz CT molecular complexity index is 1030. The molecule has 9 heteroatoms. The van der Waals surface area contributed by atoms with Crippen molar-refractivity contribution >= 4 is 28.3 Å².